The lowest BCUT2D eigenvalue weighted by atomic mass is 10.1. The van der Waals surface area contributed by atoms with Gasteiger partial charge in [0.1, 0.15) is 5.75 Å². The lowest BCUT2D eigenvalue weighted by Gasteiger charge is -2.29. The van der Waals surface area contributed by atoms with E-state index in [0.717, 1.165) is 6.42 Å². The third-order valence-corrected chi connectivity index (χ3v) is 4.78. The first-order valence-electron chi connectivity index (χ1n) is 11.0. The van der Waals surface area contributed by atoms with E-state index in [1.807, 2.05) is 27.7 Å². The number of ether oxygens (including phenoxy) is 4. The molecule has 3 rings (SSSR count). The van der Waals surface area contributed by atoms with Crippen LogP contribution in [-0.4, -0.2) is 44.8 Å². The number of nitrogens with one attached hydrogen (secondary N) is 1. The number of nitrogens with zero attached hydrogens (tertiary/aromatic N) is 1. The fraction of sp³-hybridized carbons (Fsp3) is 0.417. The molecule has 172 valence electrons. The summed E-state index contributed by atoms with van der Waals surface area (Å²) in [5.41, 5.74) is 1.58. The Labute approximate surface area is 188 Å². The molecule has 1 N–H and O–H groups in total. The van der Waals surface area contributed by atoms with Gasteiger partial charge in [-0.05, 0) is 57.5 Å². The van der Waals surface area contributed by atoms with Crippen LogP contribution >= 0.6 is 0 Å². The highest BCUT2D eigenvalue weighted by Gasteiger charge is 2.25. The largest absolute Gasteiger partial charge is 0.490 e. The maximum Gasteiger partial charge on any atom is 0.265 e. The van der Waals surface area contributed by atoms with E-state index in [0.29, 0.717) is 66.3 Å². The quantitative estimate of drug-likeness (QED) is 0.591. The topological polar surface area (TPSA) is 86.3 Å². The smallest absolute Gasteiger partial charge is 0.265 e. The van der Waals surface area contributed by atoms with Gasteiger partial charge in [0.2, 0.25) is 5.75 Å². The van der Waals surface area contributed by atoms with E-state index >= 15 is 0 Å². The maximum absolute atomic E-state index is 13.1. The molecule has 0 aliphatic carbocycles. The number of hydrogen-bond acceptors (Lipinski definition) is 6. The van der Waals surface area contributed by atoms with Crippen molar-refractivity contribution in [1.82, 2.24) is 0 Å². The molecule has 0 spiro atoms. The zero-order chi connectivity index (χ0) is 23.1. The predicted octanol–water partition coefficient (Wildman–Crippen LogP) is 4.27. The van der Waals surface area contributed by atoms with Gasteiger partial charge in [0, 0.05) is 17.8 Å². The van der Waals surface area contributed by atoms with Gasteiger partial charge in [-0.15, -0.1) is 0 Å². The second-order valence-corrected chi connectivity index (χ2v) is 7.07. The van der Waals surface area contributed by atoms with Crippen LogP contribution in [0.5, 0.6) is 23.0 Å². The zero-order valence-electron chi connectivity index (χ0n) is 19.0. The number of carbonyl (C=O) groups is 2. The molecule has 1 aliphatic rings. The fourth-order valence-electron chi connectivity index (χ4n) is 3.47. The SMILES string of the molecule is CCCN1C(=O)COc2ccc(NC(=O)c3cc(OCC)c(OCC)c(OCC)c3)cc21. The number of anilines is 2. The minimum Gasteiger partial charge on any atom is -0.490 e. The van der Waals surface area contributed by atoms with Crippen LogP contribution in [0.1, 0.15) is 44.5 Å². The molecule has 0 atom stereocenters. The molecule has 32 heavy (non-hydrogen) atoms. The highest BCUT2D eigenvalue weighted by Crippen LogP contribution is 2.40. The summed E-state index contributed by atoms with van der Waals surface area (Å²) in [4.78, 5) is 27.0. The Morgan fingerprint density at radius 3 is 2.25 bits per heavy atom. The number of rotatable bonds is 10. The summed E-state index contributed by atoms with van der Waals surface area (Å²) in [6, 6.07) is 8.54. The third-order valence-electron chi connectivity index (χ3n) is 4.78. The van der Waals surface area contributed by atoms with E-state index < -0.39 is 0 Å². The first kappa shape index (κ1) is 23.2. The number of amides is 2. The summed E-state index contributed by atoms with van der Waals surface area (Å²) in [6.07, 6.45) is 0.814. The predicted molar refractivity (Wildman–Crippen MR) is 122 cm³/mol. The summed E-state index contributed by atoms with van der Waals surface area (Å²) in [6.45, 7) is 9.49. The van der Waals surface area contributed by atoms with Gasteiger partial charge in [-0.2, -0.15) is 0 Å². The van der Waals surface area contributed by atoms with Crippen molar-refractivity contribution in [3.05, 3.63) is 35.9 Å². The van der Waals surface area contributed by atoms with Gasteiger partial charge in [-0.1, -0.05) is 6.92 Å². The van der Waals surface area contributed by atoms with Crippen molar-refractivity contribution in [1.29, 1.82) is 0 Å². The van der Waals surface area contributed by atoms with E-state index in [9.17, 15) is 9.59 Å². The van der Waals surface area contributed by atoms with E-state index in [4.69, 9.17) is 18.9 Å². The van der Waals surface area contributed by atoms with Crippen molar-refractivity contribution >= 4 is 23.2 Å². The molecular formula is C24H30N2O6. The average molecular weight is 443 g/mol. The van der Waals surface area contributed by atoms with Crippen LogP contribution in [0.3, 0.4) is 0 Å². The molecule has 1 aliphatic heterocycles. The Morgan fingerprint density at radius 2 is 1.66 bits per heavy atom. The van der Waals surface area contributed by atoms with Gasteiger partial charge in [0.15, 0.2) is 18.1 Å². The lowest BCUT2D eigenvalue weighted by Crippen LogP contribution is -2.39. The second kappa shape index (κ2) is 10.7. The van der Waals surface area contributed by atoms with Crippen LogP contribution in [0.4, 0.5) is 11.4 Å². The van der Waals surface area contributed by atoms with E-state index in [1.165, 1.54) is 0 Å². The highest BCUT2D eigenvalue weighted by atomic mass is 16.5. The molecule has 2 aromatic carbocycles. The van der Waals surface area contributed by atoms with Crippen molar-refractivity contribution in [2.75, 3.05) is 43.2 Å². The van der Waals surface area contributed by atoms with Gasteiger partial charge in [0.05, 0.1) is 25.5 Å². The van der Waals surface area contributed by atoms with Gasteiger partial charge in [-0.3, -0.25) is 9.59 Å². The van der Waals surface area contributed by atoms with Crippen LogP contribution in [-0.2, 0) is 4.79 Å². The second-order valence-electron chi connectivity index (χ2n) is 7.07. The molecular weight excluding hydrogens is 412 g/mol. The van der Waals surface area contributed by atoms with Gasteiger partial charge in [-0.25, -0.2) is 0 Å². The third kappa shape index (κ3) is 5.07. The van der Waals surface area contributed by atoms with Crippen LogP contribution in [0.2, 0.25) is 0 Å². The summed E-state index contributed by atoms with van der Waals surface area (Å²) in [5, 5.41) is 2.89. The molecule has 8 heteroatoms. The molecule has 0 saturated heterocycles. The van der Waals surface area contributed by atoms with Crippen molar-refractivity contribution in [2.24, 2.45) is 0 Å². The lowest BCUT2D eigenvalue weighted by molar-refractivity contribution is -0.121. The first-order chi connectivity index (χ1) is 15.5. The summed E-state index contributed by atoms with van der Waals surface area (Å²) < 4.78 is 22.6. The average Bonchev–Trinajstić information content (AvgIpc) is 2.78. The monoisotopic (exact) mass is 442 g/mol. The molecule has 2 amide bonds. The van der Waals surface area contributed by atoms with E-state index in [1.54, 1.807) is 35.2 Å². The first-order valence-corrected chi connectivity index (χ1v) is 11.0. The van der Waals surface area contributed by atoms with Crippen molar-refractivity contribution in [2.45, 2.75) is 34.1 Å². The van der Waals surface area contributed by atoms with Crippen molar-refractivity contribution in [3.8, 4) is 23.0 Å². The van der Waals surface area contributed by atoms with Gasteiger partial charge in [0.25, 0.3) is 11.8 Å². The van der Waals surface area contributed by atoms with Crippen LogP contribution in [0.15, 0.2) is 30.3 Å². The molecule has 0 radical (unpaired) electrons. The molecule has 1 heterocycles. The van der Waals surface area contributed by atoms with Crippen molar-refractivity contribution in [3.63, 3.8) is 0 Å². The Hall–Kier alpha value is -3.42. The molecule has 0 unspecified atom stereocenters. The highest BCUT2D eigenvalue weighted by molar-refractivity contribution is 6.06. The molecule has 0 fully saturated rings. The van der Waals surface area contributed by atoms with Crippen LogP contribution in [0.25, 0.3) is 0 Å². The van der Waals surface area contributed by atoms with Gasteiger partial charge < -0.3 is 29.2 Å². The summed E-state index contributed by atoms with van der Waals surface area (Å²) in [5.74, 6) is 1.56. The molecule has 0 saturated carbocycles. The van der Waals surface area contributed by atoms with Crippen LogP contribution in [0, 0.1) is 0 Å². The zero-order valence-corrected chi connectivity index (χ0v) is 19.0. The van der Waals surface area contributed by atoms with Crippen LogP contribution < -0.4 is 29.2 Å². The van der Waals surface area contributed by atoms with E-state index in [-0.39, 0.29) is 18.4 Å². The minimum absolute atomic E-state index is 0.0191. The number of carbonyl (C=O) groups excluding carboxylic acids is 2. The number of hydrogen-bond donors (Lipinski definition) is 1. The fourth-order valence-corrected chi connectivity index (χ4v) is 3.47. The van der Waals surface area contributed by atoms with Crippen molar-refractivity contribution < 1.29 is 28.5 Å². The normalized spacial score (nSPS) is 12.6. The van der Waals surface area contributed by atoms with E-state index in [2.05, 4.69) is 5.32 Å². The molecule has 0 aromatic heterocycles. The summed E-state index contributed by atoms with van der Waals surface area (Å²) >= 11 is 0. The maximum atomic E-state index is 13.1. The molecule has 8 nitrogen and oxygen atoms in total. The molecule has 0 bridgehead atoms. The number of benzene rings is 2. The Bertz CT molecular complexity index is 948. The Balaban J connectivity index is 1.91. The Kier molecular flexibility index (Phi) is 7.81. The standard InChI is InChI=1S/C24H30N2O6/c1-5-11-26-18-14-17(9-10-19(18)32-15-22(26)27)25-24(28)16-12-20(29-6-2)23(31-8-4)21(13-16)30-7-3/h9-10,12-14H,5-8,11,15H2,1-4H3,(H,25,28). The van der Waals surface area contributed by atoms with Gasteiger partial charge >= 0.3 is 0 Å². The molecule has 2 aromatic rings. The minimum atomic E-state index is -0.333. The number of fused-ring (bicyclic) bond motifs is 1. The Morgan fingerprint density at radius 1 is 1.00 bits per heavy atom. The summed E-state index contributed by atoms with van der Waals surface area (Å²) in [7, 11) is 0.